The molecule has 1 fully saturated rings. The second kappa shape index (κ2) is 7.78. The summed E-state index contributed by atoms with van der Waals surface area (Å²) in [5.74, 6) is 0.330. The molecule has 1 aliphatic rings. The van der Waals surface area contributed by atoms with Crippen LogP contribution in [-0.4, -0.2) is 35.6 Å². The van der Waals surface area contributed by atoms with Gasteiger partial charge in [-0.3, -0.25) is 4.79 Å². The van der Waals surface area contributed by atoms with Crippen molar-refractivity contribution in [2.75, 3.05) is 24.3 Å². The quantitative estimate of drug-likeness (QED) is 0.714. The Labute approximate surface area is 145 Å². The first kappa shape index (κ1) is 16.9. The molecule has 1 aliphatic carbocycles. The summed E-state index contributed by atoms with van der Waals surface area (Å²) in [6, 6.07) is 7.31. The Morgan fingerprint density at radius 2 is 2.24 bits per heavy atom. The van der Waals surface area contributed by atoms with Crippen molar-refractivity contribution < 1.29 is 13.9 Å². The standard InChI is InChI=1S/C17H20FN5O2/c1-19-15(24)10-25-13-7-3-6-12(8-13)22-17-20-9-14(18)16(23-17)21-11-4-2-5-11/h3,6-9,11H,2,4-5,10H2,1H3,(H,19,24)(H2,20,21,22,23). The SMILES string of the molecule is CNC(=O)COc1cccc(Nc2ncc(F)c(NC3CCC3)n2)c1. The molecule has 0 spiro atoms. The summed E-state index contributed by atoms with van der Waals surface area (Å²) in [5.41, 5.74) is 0.676. The molecule has 0 bridgehead atoms. The Morgan fingerprint density at radius 3 is 2.96 bits per heavy atom. The van der Waals surface area contributed by atoms with Gasteiger partial charge in [0.15, 0.2) is 18.2 Å². The smallest absolute Gasteiger partial charge is 0.257 e. The summed E-state index contributed by atoms with van der Waals surface area (Å²) in [5, 5.41) is 8.59. The molecule has 0 saturated heterocycles. The first-order valence-electron chi connectivity index (χ1n) is 8.13. The van der Waals surface area contributed by atoms with Crippen LogP contribution in [0, 0.1) is 5.82 Å². The minimum atomic E-state index is -0.472. The first-order chi connectivity index (χ1) is 12.1. The molecule has 7 nitrogen and oxygen atoms in total. The lowest BCUT2D eigenvalue weighted by atomic mass is 9.93. The highest BCUT2D eigenvalue weighted by atomic mass is 19.1. The average Bonchev–Trinajstić information content (AvgIpc) is 2.59. The number of aromatic nitrogens is 2. The van der Waals surface area contributed by atoms with Gasteiger partial charge in [-0.2, -0.15) is 4.98 Å². The van der Waals surface area contributed by atoms with Gasteiger partial charge in [0.25, 0.3) is 5.91 Å². The average molecular weight is 345 g/mol. The molecule has 0 radical (unpaired) electrons. The molecule has 0 atom stereocenters. The predicted octanol–water partition coefficient (Wildman–Crippen LogP) is 2.45. The summed E-state index contributed by atoms with van der Waals surface area (Å²) in [4.78, 5) is 19.4. The van der Waals surface area contributed by atoms with E-state index in [9.17, 15) is 9.18 Å². The number of ether oxygens (including phenoxy) is 1. The minimum Gasteiger partial charge on any atom is -0.484 e. The summed E-state index contributed by atoms with van der Waals surface area (Å²) < 4.78 is 19.2. The van der Waals surface area contributed by atoms with Crippen LogP contribution in [0.5, 0.6) is 5.75 Å². The topological polar surface area (TPSA) is 88.2 Å². The van der Waals surface area contributed by atoms with Crippen molar-refractivity contribution in [2.24, 2.45) is 0 Å². The zero-order valence-corrected chi connectivity index (χ0v) is 13.9. The molecule has 1 heterocycles. The van der Waals surface area contributed by atoms with Gasteiger partial charge in [0.2, 0.25) is 5.95 Å². The van der Waals surface area contributed by atoms with Crippen LogP contribution in [0.15, 0.2) is 30.5 Å². The monoisotopic (exact) mass is 345 g/mol. The number of halogens is 1. The van der Waals surface area contributed by atoms with Crippen LogP contribution in [0.25, 0.3) is 0 Å². The number of nitrogens with one attached hydrogen (secondary N) is 3. The maximum Gasteiger partial charge on any atom is 0.257 e. The molecule has 3 rings (SSSR count). The number of benzene rings is 1. The summed E-state index contributed by atoms with van der Waals surface area (Å²) >= 11 is 0. The molecule has 1 amide bonds. The van der Waals surface area contributed by atoms with E-state index in [4.69, 9.17) is 4.74 Å². The highest BCUT2D eigenvalue weighted by Crippen LogP contribution is 2.25. The van der Waals surface area contributed by atoms with E-state index in [0.29, 0.717) is 11.4 Å². The molecule has 0 unspecified atom stereocenters. The van der Waals surface area contributed by atoms with Crippen molar-refractivity contribution in [3.05, 3.63) is 36.3 Å². The van der Waals surface area contributed by atoms with Crippen LogP contribution < -0.4 is 20.7 Å². The maximum absolute atomic E-state index is 13.8. The van der Waals surface area contributed by atoms with E-state index in [1.54, 1.807) is 31.3 Å². The number of hydrogen-bond donors (Lipinski definition) is 3. The highest BCUT2D eigenvalue weighted by molar-refractivity contribution is 5.77. The molecule has 132 valence electrons. The maximum atomic E-state index is 13.8. The molecule has 3 N–H and O–H groups in total. The number of rotatable bonds is 7. The van der Waals surface area contributed by atoms with Gasteiger partial charge in [0.1, 0.15) is 5.75 Å². The Balaban J connectivity index is 1.67. The van der Waals surface area contributed by atoms with E-state index in [0.717, 1.165) is 25.5 Å². The molecule has 25 heavy (non-hydrogen) atoms. The summed E-state index contributed by atoms with van der Waals surface area (Å²) in [7, 11) is 1.55. The number of amides is 1. The second-order valence-corrected chi connectivity index (χ2v) is 5.78. The lowest BCUT2D eigenvalue weighted by Gasteiger charge is -2.27. The van der Waals surface area contributed by atoms with E-state index in [1.165, 1.54) is 0 Å². The number of carbonyl (C=O) groups excluding carboxylic acids is 1. The molecule has 1 aromatic heterocycles. The van der Waals surface area contributed by atoms with E-state index in [2.05, 4.69) is 25.9 Å². The fourth-order valence-corrected chi connectivity index (χ4v) is 2.29. The van der Waals surface area contributed by atoms with E-state index >= 15 is 0 Å². The van der Waals surface area contributed by atoms with Crippen LogP contribution in [0.2, 0.25) is 0 Å². The third-order valence-corrected chi connectivity index (χ3v) is 3.93. The molecular formula is C17H20FN5O2. The first-order valence-corrected chi connectivity index (χ1v) is 8.13. The van der Waals surface area contributed by atoms with E-state index < -0.39 is 5.82 Å². The van der Waals surface area contributed by atoms with Crippen LogP contribution in [0.4, 0.5) is 21.8 Å². The van der Waals surface area contributed by atoms with Crippen molar-refractivity contribution in [3.8, 4) is 5.75 Å². The van der Waals surface area contributed by atoms with Gasteiger partial charge >= 0.3 is 0 Å². The lowest BCUT2D eigenvalue weighted by Crippen LogP contribution is -2.28. The van der Waals surface area contributed by atoms with Crippen LogP contribution in [0.1, 0.15) is 19.3 Å². The Kier molecular flexibility index (Phi) is 5.27. The third kappa shape index (κ3) is 4.56. The van der Waals surface area contributed by atoms with Gasteiger partial charge in [0.05, 0.1) is 6.20 Å². The van der Waals surface area contributed by atoms with Gasteiger partial charge in [-0.05, 0) is 31.4 Å². The fraction of sp³-hybridized carbons (Fsp3) is 0.353. The number of anilines is 3. The Hall–Kier alpha value is -2.90. The molecule has 1 saturated carbocycles. The Morgan fingerprint density at radius 1 is 1.40 bits per heavy atom. The number of hydrogen-bond acceptors (Lipinski definition) is 6. The Bertz CT molecular complexity index is 752. The lowest BCUT2D eigenvalue weighted by molar-refractivity contribution is -0.122. The van der Waals surface area contributed by atoms with Crippen LogP contribution >= 0.6 is 0 Å². The fourth-order valence-electron chi connectivity index (χ4n) is 2.29. The van der Waals surface area contributed by atoms with Crippen LogP contribution in [-0.2, 0) is 4.79 Å². The van der Waals surface area contributed by atoms with Crippen molar-refractivity contribution in [3.63, 3.8) is 0 Å². The molecule has 1 aromatic carbocycles. The van der Waals surface area contributed by atoms with Gasteiger partial charge in [-0.25, -0.2) is 9.37 Å². The van der Waals surface area contributed by atoms with E-state index in [1.807, 2.05) is 0 Å². The van der Waals surface area contributed by atoms with Crippen molar-refractivity contribution in [2.45, 2.75) is 25.3 Å². The largest absolute Gasteiger partial charge is 0.484 e. The number of likely N-dealkylation sites (N-methyl/N-ethyl adjacent to an activating group) is 1. The van der Waals surface area contributed by atoms with Crippen molar-refractivity contribution in [1.29, 1.82) is 0 Å². The van der Waals surface area contributed by atoms with Gasteiger partial charge in [-0.15, -0.1) is 0 Å². The summed E-state index contributed by atoms with van der Waals surface area (Å²) in [6.45, 7) is -0.0670. The van der Waals surface area contributed by atoms with Gasteiger partial charge < -0.3 is 20.7 Å². The van der Waals surface area contributed by atoms with Crippen molar-refractivity contribution in [1.82, 2.24) is 15.3 Å². The van der Waals surface area contributed by atoms with Crippen LogP contribution in [0.3, 0.4) is 0 Å². The normalized spacial score (nSPS) is 13.7. The minimum absolute atomic E-state index is 0.0670. The predicted molar refractivity (Wildman–Crippen MR) is 92.5 cm³/mol. The molecular weight excluding hydrogens is 325 g/mol. The zero-order chi connectivity index (χ0) is 17.6. The zero-order valence-electron chi connectivity index (χ0n) is 13.9. The molecule has 2 aromatic rings. The summed E-state index contributed by atoms with van der Waals surface area (Å²) in [6.07, 6.45) is 4.34. The second-order valence-electron chi connectivity index (χ2n) is 5.78. The number of nitrogens with zero attached hydrogens (tertiary/aromatic N) is 2. The highest BCUT2D eigenvalue weighted by Gasteiger charge is 2.19. The molecule has 0 aliphatic heterocycles. The number of carbonyl (C=O) groups is 1. The van der Waals surface area contributed by atoms with Gasteiger partial charge in [-0.1, -0.05) is 6.07 Å². The third-order valence-electron chi connectivity index (χ3n) is 3.93. The van der Waals surface area contributed by atoms with Crippen molar-refractivity contribution >= 4 is 23.4 Å². The van der Waals surface area contributed by atoms with Gasteiger partial charge in [0, 0.05) is 24.8 Å². The molecule has 8 heteroatoms. The van der Waals surface area contributed by atoms with E-state index in [-0.39, 0.29) is 30.3 Å².